The average molecular weight is 405 g/mol. The first-order valence-corrected chi connectivity index (χ1v) is 9.40. The molecule has 1 aliphatic rings. The molecule has 8 heteroatoms. The smallest absolute Gasteiger partial charge is 0.269 e. The quantitative estimate of drug-likeness (QED) is 0.493. The molecule has 0 aliphatic carbocycles. The van der Waals surface area contributed by atoms with Crippen molar-refractivity contribution < 1.29 is 19.2 Å². The van der Waals surface area contributed by atoms with Crippen LogP contribution < -0.4 is 4.74 Å². The summed E-state index contributed by atoms with van der Waals surface area (Å²) in [5.74, 6) is 0.228. The fourth-order valence-electron chi connectivity index (χ4n) is 3.00. The van der Waals surface area contributed by atoms with Gasteiger partial charge in [0.1, 0.15) is 5.75 Å². The van der Waals surface area contributed by atoms with E-state index in [1.165, 1.54) is 24.3 Å². The molecule has 0 spiro atoms. The molecule has 1 aliphatic heterocycles. The fourth-order valence-corrected chi connectivity index (χ4v) is 3.13. The molecular formula is C20H21ClN2O5. The number of non-ortho nitro benzene ring substituents is 1. The van der Waals surface area contributed by atoms with E-state index in [1.807, 2.05) is 12.1 Å². The number of carbonyl (C=O) groups excluding carboxylic acids is 1. The Bertz CT molecular complexity index is 804. The zero-order chi connectivity index (χ0) is 19.9. The van der Waals surface area contributed by atoms with Crippen LogP contribution in [0.3, 0.4) is 0 Å². The van der Waals surface area contributed by atoms with Crippen LogP contribution in [0.25, 0.3) is 0 Å². The summed E-state index contributed by atoms with van der Waals surface area (Å²) in [4.78, 5) is 24.7. The highest BCUT2D eigenvalue weighted by molar-refractivity contribution is 6.30. The summed E-state index contributed by atoms with van der Waals surface area (Å²) in [6, 6.07) is 13.0. The number of nitrogens with zero attached hydrogens (tertiary/aromatic N) is 2. The van der Waals surface area contributed by atoms with E-state index in [0.717, 1.165) is 18.4 Å². The van der Waals surface area contributed by atoms with Gasteiger partial charge in [0.15, 0.2) is 6.61 Å². The molecule has 2 aromatic rings. The normalized spacial score (nSPS) is 16.0. The number of nitro groups is 1. The van der Waals surface area contributed by atoms with Crippen LogP contribution in [-0.4, -0.2) is 41.6 Å². The van der Waals surface area contributed by atoms with Crippen LogP contribution in [-0.2, 0) is 16.1 Å². The molecule has 2 aromatic carbocycles. The predicted molar refractivity (Wildman–Crippen MR) is 104 cm³/mol. The second-order valence-electron chi connectivity index (χ2n) is 6.58. The summed E-state index contributed by atoms with van der Waals surface area (Å²) in [5, 5.41) is 11.4. The average Bonchev–Trinajstić information content (AvgIpc) is 3.20. The number of nitro benzene ring substituents is 1. The van der Waals surface area contributed by atoms with Gasteiger partial charge in [-0.25, -0.2) is 0 Å². The van der Waals surface area contributed by atoms with Crippen LogP contribution in [0, 0.1) is 10.1 Å². The Balaban J connectivity index is 1.62. The molecule has 0 saturated carbocycles. The van der Waals surface area contributed by atoms with Gasteiger partial charge in [0.2, 0.25) is 0 Å². The van der Waals surface area contributed by atoms with Gasteiger partial charge in [0.05, 0.1) is 11.0 Å². The molecular weight excluding hydrogens is 384 g/mol. The first kappa shape index (κ1) is 20.1. The number of hydrogen-bond donors (Lipinski definition) is 0. The summed E-state index contributed by atoms with van der Waals surface area (Å²) in [6.45, 7) is 1.48. The minimum absolute atomic E-state index is 0.0237. The molecule has 1 fully saturated rings. The van der Waals surface area contributed by atoms with E-state index >= 15 is 0 Å². The van der Waals surface area contributed by atoms with Gasteiger partial charge in [-0.3, -0.25) is 14.9 Å². The van der Waals surface area contributed by atoms with Gasteiger partial charge in [-0.05, 0) is 42.7 Å². The Morgan fingerprint density at radius 1 is 1.21 bits per heavy atom. The van der Waals surface area contributed by atoms with Gasteiger partial charge < -0.3 is 14.4 Å². The second kappa shape index (κ2) is 9.52. The Morgan fingerprint density at radius 3 is 2.54 bits per heavy atom. The van der Waals surface area contributed by atoms with Gasteiger partial charge in [-0.1, -0.05) is 23.7 Å². The van der Waals surface area contributed by atoms with Crippen LogP contribution in [0.15, 0.2) is 48.5 Å². The third kappa shape index (κ3) is 5.68. The lowest BCUT2D eigenvalue weighted by atomic mass is 10.2. The highest BCUT2D eigenvalue weighted by atomic mass is 35.5. The van der Waals surface area contributed by atoms with E-state index in [0.29, 0.717) is 30.5 Å². The lowest BCUT2D eigenvalue weighted by Crippen LogP contribution is -2.39. The van der Waals surface area contributed by atoms with Crippen molar-refractivity contribution >= 4 is 23.2 Å². The van der Waals surface area contributed by atoms with Crippen molar-refractivity contribution in [3.8, 4) is 5.75 Å². The lowest BCUT2D eigenvalue weighted by Gasteiger charge is -2.25. The molecule has 1 saturated heterocycles. The number of hydrogen-bond acceptors (Lipinski definition) is 5. The van der Waals surface area contributed by atoms with Crippen molar-refractivity contribution in [2.24, 2.45) is 0 Å². The predicted octanol–water partition coefficient (Wildman–Crippen LogP) is 3.83. The molecule has 1 unspecified atom stereocenters. The zero-order valence-electron chi connectivity index (χ0n) is 15.3. The third-order valence-corrected chi connectivity index (χ3v) is 4.75. The SMILES string of the molecule is O=C(COc1ccc([N+](=O)[O-])cc1)N(Cc1ccc(Cl)cc1)CC1CCCO1. The summed E-state index contributed by atoms with van der Waals surface area (Å²) >= 11 is 5.93. The van der Waals surface area contributed by atoms with Crippen LogP contribution in [0.1, 0.15) is 18.4 Å². The van der Waals surface area contributed by atoms with Crippen molar-refractivity contribution in [1.82, 2.24) is 4.90 Å². The Hall–Kier alpha value is -2.64. The van der Waals surface area contributed by atoms with Gasteiger partial charge in [0, 0.05) is 36.9 Å². The molecule has 1 heterocycles. The van der Waals surface area contributed by atoms with Crippen molar-refractivity contribution in [3.63, 3.8) is 0 Å². The highest BCUT2D eigenvalue weighted by Crippen LogP contribution is 2.19. The van der Waals surface area contributed by atoms with Gasteiger partial charge in [-0.15, -0.1) is 0 Å². The summed E-state index contributed by atoms with van der Waals surface area (Å²) in [7, 11) is 0. The van der Waals surface area contributed by atoms with Crippen molar-refractivity contribution in [2.75, 3.05) is 19.8 Å². The van der Waals surface area contributed by atoms with E-state index in [-0.39, 0.29) is 24.3 Å². The molecule has 28 heavy (non-hydrogen) atoms. The number of carbonyl (C=O) groups is 1. The molecule has 1 amide bonds. The van der Waals surface area contributed by atoms with Crippen LogP contribution >= 0.6 is 11.6 Å². The standard InChI is InChI=1S/C20H21ClN2O5/c21-16-5-3-15(4-6-16)12-22(13-19-2-1-11-27-19)20(24)14-28-18-9-7-17(8-10-18)23(25)26/h3-10,19H,1-2,11-14H2. The number of rotatable bonds is 8. The summed E-state index contributed by atoms with van der Waals surface area (Å²) < 4.78 is 11.2. The van der Waals surface area contributed by atoms with Gasteiger partial charge >= 0.3 is 0 Å². The molecule has 148 valence electrons. The monoisotopic (exact) mass is 404 g/mol. The third-order valence-electron chi connectivity index (χ3n) is 4.50. The Labute approximate surface area is 168 Å². The summed E-state index contributed by atoms with van der Waals surface area (Å²) in [6.07, 6.45) is 1.94. The van der Waals surface area contributed by atoms with Gasteiger partial charge in [0.25, 0.3) is 11.6 Å². The van der Waals surface area contributed by atoms with Crippen LogP contribution in [0.5, 0.6) is 5.75 Å². The molecule has 0 N–H and O–H groups in total. The largest absolute Gasteiger partial charge is 0.484 e. The Kier molecular flexibility index (Phi) is 6.84. The first-order chi connectivity index (χ1) is 13.5. The maximum atomic E-state index is 12.8. The maximum Gasteiger partial charge on any atom is 0.269 e. The number of halogens is 1. The van der Waals surface area contributed by atoms with E-state index in [4.69, 9.17) is 21.1 Å². The van der Waals surface area contributed by atoms with Crippen molar-refractivity contribution in [1.29, 1.82) is 0 Å². The summed E-state index contributed by atoms with van der Waals surface area (Å²) in [5.41, 5.74) is 0.938. The number of amides is 1. The molecule has 1 atom stereocenters. The second-order valence-corrected chi connectivity index (χ2v) is 7.01. The highest BCUT2D eigenvalue weighted by Gasteiger charge is 2.23. The van der Waals surface area contributed by atoms with E-state index in [2.05, 4.69) is 0 Å². The molecule has 3 rings (SSSR count). The molecule has 0 radical (unpaired) electrons. The molecule has 7 nitrogen and oxygen atoms in total. The van der Waals surface area contributed by atoms with Gasteiger partial charge in [-0.2, -0.15) is 0 Å². The minimum atomic E-state index is -0.482. The van der Waals surface area contributed by atoms with E-state index in [1.54, 1.807) is 17.0 Å². The fraction of sp³-hybridized carbons (Fsp3) is 0.350. The maximum absolute atomic E-state index is 12.8. The van der Waals surface area contributed by atoms with Crippen LogP contribution in [0.2, 0.25) is 5.02 Å². The number of benzene rings is 2. The van der Waals surface area contributed by atoms with Crippen LogP contribution in [0.4, 0.5) is 5.69 Å². The van der Waals surface area contributed by atoms with E-state index < -0.39 is 4.92 Å². The topological polar surface area (TPSA) is 81.9 Å². The number of ether oxygens (including phenoxy) is 2. The lowest BCUT2D eigenvalue weighted by molar-refractivity contribution is -0.384. The molecule has 0 bridgehead atoms. The van der Waals surface area contributed by atoms with Crippen molar-refractivity contribution in [2.45, 2.75) is 25.5 Å². The first-order valence-electron chi connectivity index (χ1n) is 9.02. The minimum Gasteiger partial charge on any atom is -0.484 e. The Morgan fingerprint density at radius 2 is 1.93 bits per heavy atom. The zero-order valence-corrected chi connectivity index (χ0v) is 16.0. The molecule has 0 aromatic heterocycles. The van der Waals surface area contributed by atoms with E-state index in [9.17, 15) is 14.9 Å². The van der Waals surface area contributed by atoms with Crippen molar-refractivity contribution in [3.05, 3.63) is 69.2 Å².